The van der Waals surface area contributed by atoms with Gasteiger partial charge in [0.1, 0.15) is 0 Å². The molecular formula is C36H12Cl4. The summed E-state index contributed by atoms with van der Waals surface area (Å²) in [5, 5.41) is 27.9. The van der Waals surface area contributed by atoms with E-state index in [1.807, 2.05) is 12.1 Å². The molecule has 11 aromatic carbocycles. The van der Waals surface area contributed by atoms with Gasteiger partial charge in [0, 0.05) is 21.5 Å². The first-order valence-corrected chi connectivity index (χ1v) is 14.7. The number of hydrogen-bond donors (Lipinski definition) is 0. The lowest BCUT2D eigenvalue weighted by atomic mass is 9.76. The van der Waals surface area contributed by atoms with Gasteiger partial charge in [-0.2, -0.15) is 0 Å². The van der Waals surface area contributed by atoms with E-state index in [1.165, 1.54) is 97.0 Å². The van der Waals surface area contributed by atoms with Crippen molar-refractivity contribution in [3.63, 3.8) is 0 Å². The van der Waals surface area contributed by atoms with Crippen LogP contribution in [0.4, 0.5) is 0 Å². The van der Waals surface area contributed by atoms with Gasteiger partial charge in [-0.1, -0.05) is 107 Å². The van der Waals surface area contributed by atoms with E-state index in [-0.39, 0.29) is 0 Å². The van der Waals surface area contributed by atoms with Crippen molar-refractivity contribution in [2.24, 2.45) is 0 Å². The molecule has 0 unspecified atom stereocenters. The second-order valence-electron chi connectivity index (χ2n) is 11.2. The van der Waals surface area contributed by atoms with E-state index in [1.54, 1.807) is 0 Å². The molecule has 0 amide bonds. The highest BCUT2D eigenvalue weighted by Crippen LogP contribution is 2.57. The van der Waals surface area contributed by atoms with Crippen LogP contribution in [0, 0.1) is 0 Å². The maximum absolute atomic E-state index is 6.77. The van der Waals surface area contributed by atoms with Crippen LogP contribution in [0.5, 0.6) is 0 Å². The van der Waals surface area contributed by atoms with Crippen molar-refractivity contribution in [2.45, 2.75) is 0 Å². The zero-order valence-electron chi connectivity index (χ0n) is 20.4. The van der Waals surface area contributed by atoms with Gasteiger partial charge in [0.2, 0.25) is 0 Å². The molecule has 0 radical (unpaired) electrons. The molecule has 0 aromatic heterocycles. The molecule has 0 aliphatic carbocycles. The summed E-state index contributed by atoms with van der Waals surface area (Å²) in [7, 11) is 0. The van der Waals surface area contributed by atoms with Crippen molar-refractivity contribution in [1.29, 1.82) is 0 Å². The third-order valence-electron chi connectivity index (χ3n) is 9.71. The van der Waals surface area contributed by atoms with E-state index in [0.29, 0.717) is 20.1 Å². The topological polar surface area (TPSA) is 0 Å². The minimum Gasteiger partial charge on any atom is -0.0827 e. The van der Waals surface area contributed by atoms with Crippen molar-refractivity contribution in [3.05, 3.63) is 92.9 Å². The van der Waals surface area contributed by atoms with Crippen LogP contribution < -0.4 is 0 Å². The average Bonchev–Trinajstić information content (AvgIpc) is 2.92. The Morgan fingerprint density at radius 2 is 0.400 bits per heavy atom. The van der Waals surface area contributed by atoms with Crippen LogP contribution >= 0.6 is 46.4 Å². The van der Waals surface area contributed by atoms with E-state index < -0.39 is 0 Å². The Bertz CT molecular complexity index is 2700. The minimum atomic E-state index is 0.601. The average molecular weight is 586 g/mol. The van der Waals surface area contributed by atoms with Gasteiger partial charge in [-0.05, 0) is 98.3 Å². The third-order valence-corrected chi connectivity index (χ3v) is 11.3. The molecule has 0 fully saturated rings. The van der Waals surface area contributed by atoms with Crippen LogP contribution in [0.25, 0.3) is 108 Å². The first kappa shape index (κ1) is 21.3. The highest BCUT2D eigenvalue weighted by Gasteiger charge is 2.28. The fraction of sp³-hybridized carbons (Fsp3) is 0. The second kappa shape index (κ2) is 6.51. The minimum absolute atomic E-state index is 0.601. The molecule has 0 saturated heterocycles. The third kappa shape index (κ3) is 2.02. The Labute approximate surface area is 245 Å². The van der Waals surface area contributed by atoms with Gasteiger partial charge in [0.25, 0.3) is 0 Å². The monoisotopic (exact) mass is 584 g/mol. The van der Waals surface area contributed by atoms with Crippen LogP contribution in [0.1, 0.15) is 0 Å². The van der Waals surface area contributed by atoms with Gasteiger partial charge in [0.15, 0.2) is 0 Å². The van der Waals surface area contributed by atoms with Crippen LogP contribution in [-0.2, 0) is 0 Å². The van der Waals surface area contributed by atoms with Gasteiger partial charge < -0.3 is 0 Å². The number of halogens is 4. The van der Waals surface area contributed by atoms with E-state index >= 15 is 0 Å². The Morgan fingerprint density at radius 3 is 0.650 bits per heavy atom. The molecular weight excluding hydrogens is 574 g/mol. The largest absolute Gasteiger partial charge is 0.0827 e. The predicted molar refractivity (Wildman–Crippen MR) is 177 cm³/mol. The summed E-state index contributed by atoms with van der Waals surface area (Å²) in [5.74, 6) is 0. The Hall–Kier alpha value is -3.52. The Morgan fingerprint density at radius 1 is 0.225 bits per heavy atom. The molecule has 0 N–H and O–H groups in total. The Kier molecular flexibility index (Phi) is 3.46. The van der Waals surface area contributed by atoms with Crippen molar-refractivity contribution in [3.8, 4) is 0 Å². The summed E-state index contributed by atoms with van der Waals surface area (Å²) >= 11 is 26.5. The van der Waals surface area contributed by atoms with Crippen LogP contribution in [-0.4, -0.2) is 0 Å². The summed E-state index contributed by atoms with van der Waals surface area (Å²) < 4.78 is 0. The zero-order chi connectivity index (χ0) is 26.3. The van der Waals surface area contributed by atoms with Crippen LogP contribution in [0.15, 0.2) is 72.8 Å². The lowest BCUT2D eigenvalue weighted by molar-refractivity contribution is 1.79. The van der Waals surface area contributed by atoms with Crippen molar-refractivity contribution in [1.82, 2.24) is 0 Å². The quantitative estimate of drug-likeness (QED) is 0.166. The number of fused-ring (bicyclic) bond motifs is 24. The summed E-state index contributed by atoms with van der Waals surface area (Å²) in [4.78, 5) is 0. The van der Waals surface area contributed by atoms with Gasteiger partial charge >= 0.3 is 0 Å². The molecule has 184 valence electrons. The number of benzene rings is 6. The second-order valence-corrected chi connectivity index (χ2v) is 12.8. The molecule has 0 heterocycles. The first-order chi connectivity index (χ1) is 19.5. The molecule has 0 atom stereocenters. The predicted octanol–water partition coefficient (Wildman–Crippen LogP) is 13.0. The molecule has 40 heavy (non-hydrogen) atoms. The summed E-state index contributed by atoms with van der Waals surface area (Å²) in [6, 6.07) is 26.1. The van der Waals surface area contributed by atoms with Gasteiger partial charge in [-0.15, -0.1) is 0 Å². The highest BCUT2D eigenvalue weighted by atomic mass is 35.5. The smallest absolute Gasteiger partial charge is 0.0677 e. The molecule has 0 saturated carbocycles. The molecule has 0 aliphatic heterocycles. The zero-order valence-corrected chi connectivity index (χ0v) is 23.5. The summed E-state index contributed by atoms with van der Waals surface area (Å²) in [5.41, 5.74) is 0. The first-order valence-electron chi connectivity index (χ1n) is 13.2. The lowest BCUT2D eigenvalue weighted by Crippen LogP contribution is -1.98. The van der Waals surface area contributed by atoms with Crippen LogP contribution in [0.3, 0.4) is 0 Å². The molecule has 0 aliphatic rings. The van der Waals surface area contributed by atoms with Gasteiger partial charge in [-0.3, -0.25) is 0 Å². The summed E-state index contributed by atoms with van der Waals surface area (Å²) in [6.07, 6.45) is 0. The van der Waals surface area contributed by atoms with Gasteiger partial charge in [0.05, 0.1) is 20.1 Å². The Balaban J connectivity index is 1.35. The highest BCUT2D eigenvalue weighted by molar-refractivity contribution is 6.58. The number of hydrogen-bond acceptors (Lipinski definition) is 0. The molecule has 4 heteroatoms. The standard InChI is InChI=1S/C36H12Cl4/c37-23-11-9-21-19-7-5-17-15-3-1-13-14-2-4-16-18-6-8-20-22-10-12-24(38)36(40)34(22)32(20)30(18)28(16)26(14)25(13)27(15)29(17)31(19)33(21)35(23)39/h1-12H. The molecule has 0 spiro atoms. The maximum Gasteiger partial charge on any atom is 0.0677 e. The van der Waals surface area contributed by atoms with Crippen molar-refractivity contribution >= 4 is 154 Å². The van der Waals surface area contributed by atoms with E-state index in [4.69, 9.17) is 46.4 Å². The van der Waals surface area contributed by atoms with E-state index in [9.17, 15) is 0 Å². The fourth-order valence-electron chi connectivity index (χ4n) is 8.01. The van der Waals surface area contributed by atoms with Crippen LogP contribution in [0.2, 0.25) is 20.1 Å². The number of rotatable bonds is 0. The molecule has 11 aromatic rings. The van der Waals surface area contributed by atoms with E-state index in [2.05, 4.69) is 60.7 Å². The molecule has 11 rings (SSSR count). The van der Waals surface area contributed by atoms with Crippen molar-refractivity contribution < 1.29 is 0 Å². The van der Waals surface area contributed by atoms with Gasteiger partial charge in [-0.25, -0.2) is 0 Å². The molecule has 0 nitrogen and oxygen atoms in total. The summed E-state index contributed by atoms with van der Waals surface area (Å²) in [6.45, 7) is 0. The van der Waals surface area contributed by atoms with E-state index in [0.717, 1.165) is 10.8 Å². The lowest BCUT2D eigenvalue weighted by Gasteiger charge is -2.27. The normalized spacial score (nSPS) is 13.5. The fourth-order valence-corrected chi connectivity index (χ4v) is 8.84. The van der Waals surface area contributed by atoms with Crippen molar-refractivity contribution in [2.75, 3.05) is 0 Å². The molecule has 0 bridgehead atoms. The SMILES string of the molecule is Clc1ccc2c3ccc4c5ccc6c7ccc8c9ccc%10c%11ccc(Cl)c(Cl)c%11c%10c9c8c7c6c5c4c3c2c1Cl. The maximum atomic E-state index is 6.77.